The lowest BCUT2D eigenvalue weighted by Crippen LogP contribution is -2.36. The minimum Gasteiger partial charge on any atom is -0.446 e. The summed E-state index contributed by atoms with van der Waals surface area (Å²) in [5.74, 6) is 0. The summed E-state index contributed by atoms with van der Waals surface area (Å²) < 4.78 is 5.41. The van der Waals surface area contributed by atoms with Gasteiger partial charge >= 0.3 is 6.09 Å². The monoisotopic (exact) mass is 300 g/mol. The molecule has 1 fully saturated rings. The third-order valence-corrected chi connectivity index (χ3v) is 3.23. The van der Waals surface area contributed by atoms with E-state index in [0.717, 1.165) is 25.9 Å². The Morgan fingerprint density at radius 3 is 2.45 bits per heavy atom. The van der Waals surface area contributed by atoms with Crippen LogP contribution in [0, 0.1) is 0 Å². The summed E-state index contributed by atoms with van der Waals surface area (Å²) in [5, 5.41) is 5.93. The first-order valence-electron chi connectivity index (χ1n) is 7.27. The molecule has 1 rings (SSSR count). The standard InChI is InChI=1S/C18H24N2O2/c1-5-7-9-14(3)15(4)17(8-6-2)20-18(21)22-16-10-12-19-13-11-16/h5-9,16,19H,1-4,10-13H2,(H,20,21)/b9-7-,17-8+. The Balaban J connectivity index is 2.65. The fourth-order valence-corrected chi connectivity index (χ4v) is 2.00. The molecule has 0 bridgehead atoms. The fraction of sp³-hybridized carbons (Fsp3) is 0.278. The summed E-state index contributed by atoms with van der Waals surface area (Å²) in [4.78, 5) is 12.0. The molecule has 0 atom stereocenters. The first-order valence-corrected chi connectivity index (χ1v) is 7.27. The van der Waals surface area contributed by atoms with Crippen molar-refractivity contribution in [2.75, 3.05) is 13.1 Å². The lowest BCUT2D eigenvalue weighted by atomic mass is 10.1. The zero-order chi connectivity index (χ0) is 16.4. The van der Waals surface area contributed by atoms with Gasteiger partial charge in [0.2, 0.25) is 0 Å². The highest BCUT2D eigenvalue weighted by Crippen LogP contribution is 2.16. The molecule has 118 valence electrons. The molecular formula is C18H24N2O2. The van der Waals surface area contributed by atoms with Crippen molar-refractivity contribution < 1.29 is 9.53 Å². The summed E-state index contributed by atoms with van der Waals surface area (Å²) in [6.07, 6.45) is 9.53. The maximum Gasteiger partial charge on any atom is 0.411 e. The van der Waals surface area contributed by atoms with E-state index in [0.29, 0.717) is 16.8 Å². The van der Waals surface area contributed by atoms with Gasteiger partial charge in [0.05, 0.1) is 5.70 Å². The first kappa shape index (κ1) is 17.7. The van der Waals surface area contributed by atoms with E-state index in [1.807, 2.05) is 0 Å². The van der Waals surface area contributed by atoms with Gasteiger partial charge in [-0.2, -0.15) is 0 Å². The second kappa shape index (κ2) is 9.58. The van der Waals surface area contributed by atoms with Crippen molar-refractivity contribution in [1.29, 1.82) is 0 Å². The molecule has 0 unspecified atom stereocenters. The molecule has 4 nitrogen and oxygen atoms in total. The molecule has 0 aliphatic carbocycles. The van der Waals surface area contributed by atoms with Gasteiger partial charge in [0, 0.05) is 0 Å². The Morgan fingerprint density at radius 2 is 1.86 bits per heavy atom. The highest BCUT2D eigenvalue weighted by Gasteiger charge is 2.18. The summed E-state index contributed by atoms with van der Waals surface area (Å²) in [5.41, 5.74) is 1.79. The topological polar surface area (TPSA) is 50.4 Å². The Morgan fingerprint density at radius 1 is 1.18 bits per heavy atom. The van der Waals surface area contributed by atoms with Crippen molar-refractivity contribution in [2.45, 2.75) is 18.9 Å². The number of rotatable bonds is 7. The predicted octanol–water partition coefficient (Wildman–Crippen LogP) is 3.39. The SMILES string of the molecule is C=C/C=C\C(=C)C(=C)/C(=C\C=C)NC(=O)OC1CCNCC1. The van der Waals surface area contributed by atoms with Crippen LogP contribution in [0.1, 0.15) is 12.8 Å². The number of hydrogen-bond donors (Lipinski definition) is 2. The largest absolute Gasteiger partial charge is 0.446 e. The number of piperidine rings is 1. The van der Waals surface area contributed by atoms with E-state index in [4.69, 9.17) is 4.74 Å². The van der Waals surface area contributed by atoms with Crippen molar-refractivity contribution >= 4 is 6.09 Å². The van der Waals surface area contributed by atoms with Crippen molar-refractivity contribution in [3.05, 3.63) is 73.5 Å². The van der Waals surface area contributed by atoms with Gasteiger partial charge in [0.1, 0.15) is 6.10 Å². The molecular weight excluding hydrogens is 276 g/mol. The van der Waals surface area contributed by atoms with Gasteiger partial charge in [-0.15, -0.1) is 0 Å². The van der Waals surface area contributed by atoms with Crippen LogP contribution in [0.4, 0.5) is 4.79 Å². The normalized spacial score (nSPS) is 16.1. The Kier molecular flexibility index (Phi) is 7.72. The van der Waals surface area contributed by atoms with E-state index in [1.165, 1.54) is 0 Å². The van der Waals surface area contributed by atoms with Crippen molar-refractivity contribution in [2.24, 2.45) is 0 Å². The number of ether oxygens (including phenoxy) is 1. The van der Waals surface area contributed by atoms with Crippen LogP contribution in [0.2, 0.25) is 0 Å². The van der Waals surface area contributed by atoms with Crippen LogP contribution in [0.5, 0.6) is 0 Å². The third-order valence-electron chi connectivity index (χ3n) is 3.23. The second-order valence-corrected chi connectivity index (χ2v) is 4.89. The number of carbonyl (C=O) groups is 1. The van der Waals surface area contributed by atoms with Crippen LogP contribution >= 0.6 is 0 Å². The van der Waals surface area contributed by atoms with Gasteiger partial charge in [-0.05, 0) is 43.2 Å². The van der Waals surface area contributed by atoms with Crippen molar-refractivity contribution in [3.8, 4) is 0 Å². The van der Waals surface area contributed by atoms with Gasteiger partial charge in [-0.3, -0.25) is 5.32 Å². The van der Waals surface area contributed by atoms with Crippen LogP contribution in [0.25, 0.3) is 0 Å². The van der Waals surface area contributed by atoms with Gasteiger partial charge in [0.15, 0.2) is 0 Å². The quantitative estimate of drug-likeness (QED) is 0.709. The Hall–Kier alpha value is -2.33. The molecule has 2 N–H and O–H groups in total. The number of hydrogen-bond acceptors (Lipinski definition) is 3. The number of allylic oxidation sites excluding steroid dienone is 6. The first-order chi connectivity index (χ1) is 10.6. The zero-order valence-corrected chi connectivity index (χ0v) is 12.9. The van der Waals surface area contributed by atoms with E-state index in [2.05, 4.69) is 36.9 Å². The van der Waals surface area contributed by atoms with Crippen molar-refractivity contribution in [1.82, 2.24) is 10.6 Å². The molecule has 0 aromatic carbocycles. The summed E-state index contributed by atoms with van der Waals surface area (Å²) in [6.45, 7) is 16.8. The summed E-state index contributed by atoms with van der Waals surface area (Å²) in [7, 11) is 0. The smallest absolute Gasteiger partial charge is 0.411 e. The van der Waals surface area contributed by atoms with Crippen molar-refractivity contribution in [3.63, 3.8) is 0 Å². The van der Waals surface area contributed by atoms with E-state index in [9.17, 15) is 4.79 Å². The molecule has 0 radical (unpaired) electrons. The summed E-state index contributed by atoms with van der Waals surface area (Å²) >= 11 is 0. The molecule has 1 heterocycles. The molecule has 1 aliphatic heterocycles. The van der Waals surface area contributed by atoms with Crippen LogP contribution in [-0.4, -0.2) is 25.3 Å². The highest BCUT2D eigenvalue weighted by atomic mass is 16.6. The van der Waals surface area contributed by atoms with Crippen LogP contribution < -0.4 is 10.6 Å². The minimum atomic E-state index is -0.485. The summed E-state index contributed by atoms with van der Waals surface area (Å²) in [6, 6.07) is 0. The molecule has 1 saturated heterocycles. The molecule has 22 heavy (non-hydrogen) atoms. The average molecular weight is 300 g/mol. The molecule has 0 saturated carbocycles. The molecule has 1 amide bonds. The van der Waals surface area contributed by atoms with Gasteiger partial charge in [-0.25, -0.2) is 4.79 Å². The lowest BCUT2D eigenvalue weighted by Gasteiger charge is -2.23. The molecule has 0 aromatic rings. The highest BCUT2D eigenvalue weighted by molar-refractivity contribution is 5.72. The number of nitrogens with one attached hydrogen (secondary N) is 2. The van der Waals surface area contributed by atoms with E-state index in [-0.39, 0.29) is 6.10 Å². The zero-order valence-electron chi connectivity index (χ0n) is 12.9. The second-order valence-electron chi connectivity index (χ2n) is 4.89. The van der Waals surface area contributed by atoms with E-state index in [1.54, 1.807) is 30.4 Å². The molecule has 4 heteroatoms. The predicted molar refractivity (Wildman–Crippen MR) is 91.4 cm³/mol. The average Bonchev–Trinajstić information content (AvgIpc) is 2.52. The number of alkyl carbamates (subject to hydrolysis) is 1. The Labute approximate surface area is 132 Å². The number of carbonyl (C=O) groups excluding carboxylic acids is 1. The van der Waals surface area contributed by atoms with Gasteiger partial charge < -0.3 is 10.1 Å². The van der Waals surface area contributed by atoms with Crippen LogP contribution in [0.15, 0.2) is 73.5 Å². The fourth-order valence-electron chi connectivity index (χ4n) is 2.00. The Bertz CT molecular complexity index is 509. The van der Waals surface area contributed by atoms with Crippen LogP contribution in [-0.2, 0) is 4.74 Å². The maximum absolute atomic E-state index is 12.0. The molecule has 0 spiro atoms. The van der Waals surface area contributed by atoms with Gasteiger partial charge in [-0.1, -0.05) is 50.6 Å². The molecule has 0 aromatic heterocycles. The maximum atomic E-state index is 12.0. The van der Waals surface area contributed by atoms with Crippen LogP contribution in [0.3, 0.4) is 0 Å². The van der Waals surface area contributed by atoms with E-state index < -0.39 is 6.09 Å². The van der Waals surface area contributed by atoms with E-state index >= 15 is 0 Å². The molecule has 1 aliphatic rings. The third kappa shape index (κ3) is 5.97. The number of amides is 1. The lowest BCUT2D eigenvalue weighted by molar-refractivity contribution is 0.0816. The minimum absolute atomic E-state index is 0.0524. The van der Waals surface area contributed by atoms with Gasteiger partial charge in [0.25, 0.3) is 0 Å².